The second-order valence-electron chi connectivity index (χ2n) is 7.42. The Hall–Kier alpha value is -3.60. The maximum Gasteiger partial charge on any atom is 0.236 e. The minimum atomic E-state index is -0.372. The van der Waals surface area contributed by atoms with Crippen LogP contribution in [-0.4, -0.2) is 43.4 Å². The van der Waals surface area contributed by atoms with Crippen molar-refractivity contribution in [1.29, 1.82) is 0 Å². The van der Waals surface area contributed by atoms with Crippen molar-refractivity contribution >= 4 is 23.7 Å². The fraction of sp³-hybridized carbons (Fsp3) is 0.200. The third-order valence-corrected chi connectivity index (χ3v) is 5.49. The number of benzene rings is 3. The molecule has 2 amide bonds. The van der Waals surface area contributed by atoms with Gasteiger partial charge in [0.1, 0.15) is 0 Å². The van der Waals surface area contributed by atoms with E-state index in [2.05, 4.69) is 10.2 Å². The lowest BCUT2D eigenvalue weighted by molar-refractivity contribution is -0.118. The quantitative estimate of drug-likeness (QED) is 0.643. The summed E-state index contributed by atoms with van der Waals surface area (Å²) in [6.45, 7) is 3.10. The van der Waals surface area contributed by atoms with Gasteiger partial charge in [0, 0.05) is 37.6 Å². The Morgan fingerprint density at radius 3 is 1.80 bits per heavy atom. The molecule has 0 atom stereocenters. The van der Waals surface area contributed by atoms with Crippen LogP contribution in [0.5, 0.6) is 0 Å². The molecule has 0 radical (unpaired) electrons. The number of rotatable bonds is 6. The third kappa shape index (κ3) is 4.51. The molecule has 30 heavy (non-hydrogen) atoms. The number of piperazine rings is 1. The van der Waals surface area contributed by atoms with E-state index in [0.29, 0.717) is 0 Å². The SMILES string of the molecule is O=CN1CCN(c2ccc(NC(=O)C(c3ccccc3)c3ccccc3)cc2)CC1. The molecule has 1 N–H and O–H groups in total. The summed E-state index contributed by atoms with van der Waals surface area (Å²) in [5, 5.41) is 3.07. The largest absolute Gasteiger partial charge is 0.368 e. The van der Waals surface area contributed by atoms with Gasteiger partial charge in [0.2, 0.25) is 12.3 Å². The summed E-state index contributed by atoms with van der Waals surface area (Å²) in [7, 11) is 0. The summed E-state index contributed by atoms with van der Waals surface area (Å²) < 4.78 is 0. The van der Waals surface area contributed by atoms with Gasteiger partial charge in [-0.1, -0.05) is 60.7 Å². The summed E-state index contributed by atoms with van der Waals surface area (Å²) in [6, 6.07) is 27.6. The van der Waals surface area contributed by atoms with E-state index in [1.165, 1.54) is 0 Å². The molecule has 5 nitrogen and oxygen atoms in total. The molecule has 0 spiro atoms. The predicted molar refractivity (Wildman–Crippen MR) is 120 cm³/mol. The number of hydrogen-bond acceptors (Lipinski definition) is 3. The highest BCUT2D eigenvalue weighted by molar-refractivity contribution is 5.98. The van der Waals surface area contributed by atoms with Crippen LogP contribution >= 0.6 is 0 Å². The number of nitrogens with zero attached hydrogens (tertiary/aromatic N) is 2. The molecule has 0 unspecified atom stereocenters. The highest BCUT2D eigenvalue weighted by Crippen LogP contribution is 2.27. The zero-order valence-corrected chi connectivity index (χ0v) is 16.8. The molecular weight excluding hydrogens is 374 g/mol. The molecule has 0 saturated carbocycles. The highest BCUT2D eigenvalue weighted by atomic mass is 16.2. The van der Waals surface area contributed by atoms with E-state index in [4.69, 9.17) is 0 Å². The molecule has 0 bridgehead atoms. The number of nitrogens with one attached hydrogen (secondary N) is 1. The van der Waals surface area contributed by atoms with Gasteiger partial charge in [0.05, 0.1) is 5.92 Å². The fourth-order valence-electron chi connectivity index (χ4n) is 3.84. The second kappa shape index (κ2) is 9.27. The number of hydrogen-bond donors (Lipinski definition) is 1. The van der Waals surface area contributed by atoms with Crippen molar-refractivity contribution in [2.75, 3.05) is 36.4 Å². The van der Waals surface area contributed by atoms with Gasteiger partial charge in [-0.25, -0.2) is 0 Å². The van der Waals surface area contributed by atoms with Crippen LogP contribution in [0.25, 0.3) is 0 Å². The normalized spacial score (nSPS) is 13.9. The summed E-state index contributed by atoms with van der Waals surface area (Å²) in [5.41, 5.74) is 3.80. The van der Waals surface area contributed by atoms with Crippen molar-refractivity contribution in [3.63, 3.8) is 0 Å². The summed E-state index contributed by atoms with van der Waals surface area (Å²) in [4.78, 5) is 28.1. The lowest BCUT2D eigenvalue weighted by atomic mass is 9.90. The smallest absolute Gasteiger partial charge is 0.236 e. The number of anilines is 2. The monoisotopic (exact) mass is 399 g/mol. The Balaban J connectivity index is 1.48. The number of carbonyl (C=O) groups excluding carboxylic acids is 2. The molecule has 1 fully saturated rings. The molecular formula is C25H25N3O2. The van der Waals surface area contributed by atoms with Crippen LogP contribution < -0.4 is 10.2 Å². The summed E-state index contributed by atoms with van der Waals surface area (Å²) in [5.74, 6) is -0.428. The molecule has 3 aromatic carbocycles. The van der Waals surface area contributed by atoms with Gasteiger partial charge in [-0.15, -0.1) is 0 Å². The maximum atomic E-state index is 13.2. The zero-order chi connectivity index (χ0) is 20.8. The van der Waals surface area contributed by atoms with Gasteiger partial charge in [-0.3, -0.25) is 9.59 Å². The summed E-state index contributed by atoms with van der Waals surface area (Å²) in [6.07, 6.45) is 0.909. The molecule has 1 heterocycles. The first-order valence-corrected chi connectivity index (χ1v) is 10.2. The maximum absolute atomic E-state index is 13.2. The summed E-state index contributed by atoms with van der Waals surface area (Å²) >= 11 is 0. The van der Waals surface area contributed by atoms with Crippen LogP contribution in [0.4, 0.5) is 11.4 Å². The molecule has 3 aromatic rings. The van der Waals surface area contributed by atoms with Crippen LogP contribution in [0.15, 0.2) is 84.9 Å². The first-order chi connectivity index (χ1) is 14.7. The van der Waals surface area contributed by atoms with Crippen LogP contribution in [0, 0.1) is 0 Å². The van der Waals surface area contributed by atoms with E-state index < -0.39 is 0 Å². The van der Waals surface area contributed by atoms with Crippen LogP contribution in [0.1, 0.15) is 17.0 Å². The van der Waals surface area contributed by atoms with E-state index in [1.54, 1.807) is 4.90 Å². The van der Waals surface area contributed by atoms with Crippen LogP contribution in [-0.2, 0) is 9.59 Å². The average molecular weight is 399 g/mol. The van der Waals surface area contributed by atoms with Crippen LogP contribution in [0.2, 0.25) is 0 Å². The zero-order valence-electron chi connectivity index (χ0n) is 16.8. The minimum absolute atomic E-state index is 0.0558. The van der Waals surface area contributed by atoms with Gasteiger partial charge < -0.3 is 15.1 Å². The molecule has 4 rings (SSSR count). The van der Waals surface area contributed by atoms with Crippen molar-refractivity contribution in [2.45, 2.75) is 5.92 Å². The second-order valence-corrected chi connectivity index (χ2v) is 7.42. The standard InChI is InChI=1S/C25H25N3O2/c29-19-27-15-17-28(18-16-27)23-13-11-22(12-14-23)26-25(30)24(20-7-3-1-4-8-20)21-9-5-2-6-10-21/h1-14,19,24H,15-18H2,(H,26,30). The molecule has 5 heteroatoms. The number of carbonyl (C=O) groups is 2. The molecule has 1 aliphatic heterocycles. The van der Waals surface area contributed by atoms with E-state index in [9.17, 15) is 9.59 Å². The van der Waals surface area contributed by atoms with Crippen LogP contribution in [0.3, 0.4) is 0 Å². The van der Waals surface area contributed by atoms with E-state index in [-0.39, 0.29) is 11.8 Å². The van der Waals surface area contributed by atoms with Gasteiger partial charge in [0.25, 0.3) is 0 Å². The van der Waals surface area contributed by atoms with E-state index in [1.807, 2.05) is 84.9 Å². The topological polar surface area (TPSA) is 52.7 Å². The fourth-order valence-corrected chi connectivity index (χ4v) is 3.84. The first kappa shape index (κ1) is 19.7. The Bertz CT molecular complexity index is 927. The molecule has 0 aliphatic carbocycles. The molecule has 0 aromatic heterocycles. The Kier molecular flexibility index (Phi) is 6.09. The van der Waals surface area contributed by atoms with Gasteiger partial charge >= 0.3 is 0 Å². The van der Waals surface area contributed by atoms with Gasteiger partial charge in [-0.05, 0) is 35.4 Å². The highest BCUT2D eigenvalue weighted by Gasteiger charge is 2.23. The first-order valence-electron chi connectivity index (χ1n) is 10.2. The van der Waals surface area contributed by atoms with Crippen molar-refractivity contribution in [2.24, 2.45) is 0 Å². The Labute approximate surface area is 176 Å². The van der Waals surface area contributed by atoms with E-state index >= 15 is 0 Å². The van der Waals surface area contributed by atoms with Crippen molar-refractivity contribution in [3.05, 3.63) is 96.1 Å². The average Bonchev–Trinajstić information content (AvgIpc) is 2.81. The molecule has 1 aliphatic rings. The molecule has 1 saturated heterocycles. The van der Waals surface area contributed by atoms with Gasteiger partial charge in [-0.2, -0.15) is 0 Å². The minimum Gasteiger partial charge on any atom is -0.368 e. The van der Waals surface area contributed by atoms with Crippen molar-refractivity contribution < 1.29 is 9.59 Å². The number of amides is 2. The third-order valence-electron chi connectivity index (χ3n) is 5.49. The van der Waals surface area contributed by atoms with Crippen molar-refractivity contribution in [1.82, 2.24) is 4.90 Å². The van der Waals surface area contributed by atoms with E-state index in [0.717, 1.165) is 55.1 Å². The Morgan fingerprint density at radius 1 is 0.767 bits per heavy atom. The Morgan fingerprint density at radius 2 is 1.30 bits per heavy atom. The predicted octanol–water partition coefficient (Wildman–Crippen LogP) is 3.74. The molecule has 152 valence electrons. The lowest BCUT2D eigenvalue weighted by Gasteiger charge is -2.34. The van der Waals surface area contributed by atoms with Crippen molar-refractivity contribution in [3.8, 4) is 0 Å². The van der Waals surface area contributed by atoms with Gasteiger partial charge in [0.15, 0.2) is 0 Å². The lowest BCUT2D eigenvalue weighted by Crippen LogP contribution is -2.45.